The van der Waals surface area contributed by atoms with E-state index in [1.165, 1.54) is 6.21 Å². The van der Waals surface area contributed by atoms with Gasteiger partial charge in [-0.2, -0.15) is 5.10 Å². The smallest absolute Gasteiger partial charge is 0.305 e. The van der Waals surface area contributed by atoms with E-state index in [1.807, 2.05) is 42.5 Å². The number of benzene rings is 2. The van der Waals surface area contributed by atoms with Crippen molar-refractivity contribution in [3.63, 3.8) is 0 Å². The fourth-order valence-corrected chi connectivity index (χ4v) is 3.76. The first kappa shape index (κ1) is 21.8. The molecular weight excluding hydrogens is 474 g/mol. The zero-order valence-corrected chi connectivity index (χ0v) is 18.3. The normalized spacial score (nSPS) is 17.3. The molecule has 1 heterocycles. The number of nitrogens with one attached hydrogen (secondary N) is 1. The second-order valence-corrected chi connectivity index (χ2v) is 8.26. The van der Waals surface area contributed by atoms with Crippen LogP contribution in [0.5, 0.6) is 11.5 Å². The molecule has 0 spiro atoms. The van der Waals surface area contributed by atoms with Crippen molar-refractivity contribution >= 4 is 51.0 Å². The maximum absolute atomic E-state index is 11.7. The highest BCUT2D eigenvalue weighted by molar-refractivity contribution is 9.10. The Balaban J connectivity index is 1.66. The minimum Gasteiger partial charge on any atom is -0.496 e. The number of methoxy groups -OCH3 is 1. The second kappa shape index (κ2) is 10.3. The number of amidine groups is 1. The lowest BCUT2D eigenvalue weighted by Gasteiger charge is -2.11. The minimum absolute atomic E-state index is 0.264. The van der Waals surface area contributed by atoms with E-state index in [4.69, 9.17) is 14.6 Å². The van der Waals surface area contributed by atoms with Gasteiger partial charge >= 0.3 is 5.97 Å². The molecule has 0 bridgehead atoms. The lowest BCUT2D eigenvalue weighted by atomic mass is 10.1. The molecule has 1 fully saturated rings. The lowest BCUT2D eigenvalue weighted by molar-refractivity contribution is -0.138. The van der Waals surface area contributed by atoms with Crippen molar-refractivity contribution in [3.05, 3.63) is 58.1 Å². The van der Waals surface area contributed by atoms with Crippen LogP contribution in [0.3, 0.4) is 0 Å². The summed E-state index contributed by atoms with van der Waals surface area (Å²) in [7, 11) is 1.59. The zero-order valence-electron chi connectivity index (χ0n) is 15.9. The van der Waals surface area contributed by atoms with Crippen molar-refractivity contribution in [2.75, 3.05) is 7.11 Å². The molecule has 10 heteroatoms. The molecule has 0 radical (unpaired) electrons. The molecule has 1 amide bonds. The van der Waals surface area contributed by atoms with Crippen LogP contribution in [0.15, 0.2) is 57.1 Å². The van der Waals surface area contributed by atoms with Gasteiger partial charge in [-0.05, 0) is 48.0 Å². The van der Waals surface area contributed by atoms with Crippen molar-refractivity contribution < 1.29 is 24.2 Å². The van der Waals surface area contributed by atoms with Gasteiger partial charge in [-0.1, -0.05) is 27.7 Å². The molecule has 1 aliphatic rings. The Morgan fingerprint density at radius 2 is 2.07 bits per heavy atom. The van der Waals surface area contributed by atoms with Crippen molar-refractivity contribution in [2.45, 2.75) is 18.3 Å². The molecule has 2 N–H and O–H groups in total. The van der Waals surface area contributed by atoms with E-state index < -0.39 is 11.2 Å². The van der Waals surface area contributed by atoms with Gasteiger partial charge in [-0.3, -0.25) is 9.59 Å². The molecule has 1 unspecified atom stereocenters. The van der Waals surface area contributed by atoms with Gasteiger partial charge in [0, 0.05) is 10.0 Å². The fourth-order valence-electron chi connectivity index (χ4n) is 2.58. The van der Waals surface area contributed by atoms with Gasteiger partial charge < -0.3 is 19.9 Å². The summed E-state index contributed by atoms with van der Waals surface area (Å²) in [6.07, 6.45) is 1.27. The topological polar surface area (TPSA) is 110 Å². The van der Waals surface area contributed by atoms with Crippen LogP contribution in [0, 0.1) is 0 Å². The summed E-state index contributed by atoms with van der Waals surface area (Å²) in [5.41, 5.74) is 1.60. The predicted octanol–water partition coefficient (Wildman–Crippen LogP) is 3.43. The number of nitrogens with zero attached hydrogens (tertiary/aromatic N) is 2. The Hall–Kier alpha value is -2.85. The van der Waals surface area contributed by atoms with Gasteiger partial charge in [0.15, 0.2) is 5.17 Å². The minimum atomic E-state index is -1.04. The van der Waals surface area contributed by atoms with Crippen LogP contribution >= 0.6 is 27.7 Å². The van der Waals surface area contributed by atoms with Crippen LogP contribution in [0.25, 0.3) is 0 Å². The standard InChI is InChI=1S/C20H18BrN3O5S/c1-28-16-7-2-12(8-13(16)11-29-15-5-3-14(21)4-6-15)10-22-24-20-23-19(27)17(30-20)9-18(25)26/h2-8,10,17H,9,11H2,1H3,(H,25,26)(H,23,24,27). The van der Waals surface area contributed by atoms with Crippen molar-refractivity contribution in [1.29, 1.82) is 0 Å². The van der Waals surface area contributed by atoms with E-state index in [0.717, 1.165) is 33.1 Å². The first-order chi connectivity index (χ1) is 14.4. The number of hydrogen-bond donors (Lipinski definition) is 2. The molecule has 2 aromatic rings. The zero-order chi connectivity index (χ0) is 21.5. The quantitative estimate of drug-likeness (QED) is 0.432. The Kier molecular flexibility index (Phi) is 7.47. The van der Waals surface area contributed by atoms with Crippen LogP contribution in [-0.4, -0.2) is 40.7 Å². The SMILES string of the molecule is COc1ccc(C=NN=C2NC(=O)C(CC(=O)O)S2)cc1COc1ccc(Br)cc1. The Bertz CT molecular complexity index is 994. The molecule has 156 valence electrons. The van der Waals surface area contributed by atoms with Crippen molar-refractivity contribution in [3.8, 4) is 11.5 Å². The third kappa shape index (κ3) is 6.07. The van der Waals surface area contributed by atoms with E-state index in [-0.39, 0.29) is 17.5 Å². The Labute approximate surface area is 185 Å². The molecule has 8 nitrogen and oxygen atoms in total. The lowest BCUT2D eigenvalue weighted by Crippen LogP contribution is -2.26. The number of ether oxygens (including phenoxy) is 2. The highest BCUT2D eigenvalue weighted by Crippen LogP contribution is 2.24. The summed E-state index contributed by atoms with van der Waals surface area (Å²) in [5, 5.41) is 18.9. The number of carboxylic acids is 1. The third-order valence-electron chi connectivity index (χ3n) is 4.00. The molecule has 2 aromatic carbocycles. The molecular formula is C20H18BrN3O5S. The molecule has 1 saturated heterocycles. The maximum Gasteiger partial charge on any atom is 0.305 e. The monoisotopic (exact) mass is 491 g/mol. The summed E-state index contributed by atoms with van der Waals surface area (Å²) in [6, 6.07) is 13.0. The number of rotatable bonds is 8. The molecule has 0 saturated carbocycles. The van der Waals surface area contributed by atoms with Gasteiger partial charge in [-0.15, -0.1) is 5.10 Å². The number of carboxylic acid groups (broad SMARTS) is 1. The van der Waals surface area contributed by atoms with Gasteiger partial charge in [0.25, 0.3) is 0 Å². The first-order valence-electron chi connectivity index (χ1n) is 8.80. The van der Waals surface area contributed by atoms with Crippen LogP contribution in [-0.2, 0) is 16.2 Å². The molecule has 0 aromatic heterocycles. The van der Waals surface area contributed by atoms with Crippen molar-refractivity contribution in [1.82, 2.24) is 5.32 Å². The van der Waals surface area contributed by atoms with Gasteiger partial charge in [0.05, 0.1) is 19.7 Å². The number of thioether (sulfide) groups is 1. The predicted molar refractivity (Wildman–Crippen MR) is 118 cm³/mol. The van der Waals surface area contributed by atoms with Crippen LogP contribution in [0.4, 0.5) is 0 Å². The van der Waals surface area contributed by atoms with E-state index >= 15 is 0 Å². The molecule has 1 aliphatic heterocycles. The largest absolute Gasteiger partial charge is 0.496 e. The number of carbonyl (C=O) groups is 2. The molecule has 30 heavy (non-hydrogen) atoms. The van der Waals surface area contributed by atoms with E-state index in [0.29, 0.717) is 12.4 Å². The number of carbonyl (C=O) groups excluding carboxylic acids is 1. The van der Waals surface area contributed by atoms with Crippen LogP contribution < -0.4 is 14.8 Å². The third-order valence-corrected chi connectivity index (χ3v) is 5.61. The van der Waals surface area contributed by atoms with Crippen molar-refractivity contribution in [2.24, 2.45) is 10.2 Å². The number of aliphatic carboxylic acids is 1. The highest BCUT2D eigenvalue weighted by atomic mass is 79.9. The maximum atomic E-state index is 11.7. The van der Waals surface area contributed by atoms with Gasteiger partial charge in [0.2, 0.25) is 5.91 Å². The highest BCUT2D eigenvalue weighted by Gasteiger charge is 2.32. The molecule has 3 rings (SSSR count). The fraction of sp³-hybridized carbons (Fsp3) is 0.200. The summed E-state index contributed by atoms with van der Waals surface area (Å²) in [4.78, 5) is 22.5. The number of hydrogen-bond acceptors (Lipinski definition) is 7. The van der Waals surface area contributed by atoms with E-state index in [2.05, 4.69) is 31.4 Å². The summed E-state index contributed by atoms with van der Waals surface area (Å²) < 4.78 is 12.2. The summed E-state index contributed by atoms with van der Waals surface area (Å²) in [5.74, 6) is -0.00182. The van der Waals surface area contributed by atoms with Gasteiger partial charge in [-0.25, -0.2) is 0 Å². The van der Waals surface area contributed by atoms with E-state index in [9.17, 15) is 9.59 Å². The first-order valence-corrected chi connectivity index (χ1v) is 10.5. The Morgan fingerprint density at radius 1 is 1.30 bits per heavy atom. The van der Waals surface area contributed by atoms with Gasteiger partial charge in [0.1, 0.15) is 23.4 Å². The second-order valence-electron chi connectivity index (χ2n) is 6.16. The average molecular weight is 492 g/mol. The van der Waals surface area contributed by atoms with E-state index in [1.54, 1.807) is 7.11 Å². The van der Waals surface area contributed by atoms with Crippen LogP contribution in [0.2, 0.25) is 0 Å². The average Bonchev–Trinajstić information content (AvgIpc) is 3.06. The van der Waals surface area contributed by atoms with Crippen LogP contribution in [0.1, 0.15) is 17.5 Å². The number of amides is 1. The molecule has 1 atom stereocenters. The molecule has 0 aliphatic carbocycles. The Morgan fingerprint density at radius 3 is 2.77 bits per heavy atom. The summed E-state index contributed by atoms with van der Waals surface area (Å²) >= 11 is 4.44. The number of halogens is 1. The summed E-state index contributed by atoms with van der Waals surface area (Å²) in [6.45, 7) is 0.309.